The second-order valence-corrected chi connectivity index (χ2v) is 5.41. The summed E-state index contributed by atoms with van der Waals surface area (Å²) in [6.45, 7) is 5.70. The number of hydrogen-bond acceptors (Lipinski definition) is 3. The van der Waals surface area contributed by atoms with Crippen LogP contribution in [0.25, 0.3) is 0 Å². The molecule has 6 heteroatoms. The van der Waals surface area contributed by atoms with Crippen LogP contribution in [0.1, 0.15) is 33.1 Å². The fourth-order valence-corrected chi connectivity index (χ4v) is 1.80. The van der Waals surface area contributed by atoms with Gasteiger partial charge in [-0.1, -0.05) is 13.8 Å². The molecule has 0 aliphatic heterocycles. The van der Waals surface area contributed by atoms with Gasteiger partial charge in [-0.05, 0) is 24.7 Å². The first-order valence-electron chi connectivity index (χ1n) is 6.83. The number of carboxylic acids is 1. The van der Waals surface area contributed by atoms with E-state index in [0.717, 1.165) is 12.8 Å². The zero-order valence-corrected chi connectivity index (χ0v) is 11.6. The Hall–Kier alpha value is -1.30. The molecule has 1 unspecified atom stereocenters. The summed E-state index contributed by atoms with van der Waals surface area (Å²) < 4.78 is 5.34. The van der Waals surface area contributed by atoms with Crippen molar-refractivity contribution in [1.29, 1.82) is 0 Å². The van der Waals surface area contributed by atoms with E-state index < -0.39 is 5.97 Å². The van der Waals surface area contributed by atoms with E-state index in [0.29, 0.717) is 31.6 Å². The van der Waals surface area contributed by atoms with Gasteiger partial charge < -0.3 is 20.5 Å². The standard InChI is InChI=1S/C13H24N2O4/c1-9(2)8-19-6-5-14-13(18)15-11(7-12(16)17)10-3-4-10/h9-11H,3-8H2,1-2H3,(H,16,17)(H2,14,15,18). The highest BCUT2D eigenvalue weighted by molar-refractivity contribution is 5.75. The van der Waals surface area contributed by atoms with Crippen LogP contribution in [0.15, 0.2) is 0 Å². The quantitative estimate of drug-likeness (QED) is 0.551. The van der Waals surface area contributed by atoms with Crippen LogP contribution in [0.4, 0.5) is 4.79 Å². The van der Waals surface area contributed by atoms with Crippen LogP contribution < -0.4 is 10.6 Å². The van der Waals surface area contributed by atoms with Crippen LogP contribution in [0.2, 0.25) is 0 Å². The van der Waals surface area contributed by atoms with E-state index in [2.05, 4.69) is 24.5 Å². The van der Waals surface area contributed by atoms with Crippen LogP contribution in [-0.2, 0) is 9.53 Å². The van der Waals surface area contributed by atoms with E-state index in [1.54, 1.807) is 0 Å². The van der Waals surface area contributed by atoms with Gasteiger partial charge in [0.25, 0.3) is 0 Å². The van der Waals surface area contributed by atoms with Crippen molar-refractivity contribution in [3.63, 3.8) is 0 Å². The Kier molecular flexibility index (Phi) is 6.62. The summed E-state index contributed by atoms with van der Waals surface area (Å²) in [6.07, 6.45) is 1.98. The van der Waals surface area contributed by atoms with Gasteiger partial charge in [0.1, 0.15) is 0 Å². The van der Waals surface area contributed by atoms with Crippen molar-refractivity contribution in [1.82, 2.24) is 10.6 Å². The van der Waals surface area contributed by atoms with Crippen LogP contribution >= 0.6 is 0 Å². The number of carbonyl (C=O) groups excluding carboxylic acids is 1. The predicted octanol–water partition coefficient (Wildman–Crippen LogP) is 1.21. The Morgan fingerprint density at radius 1 is 1.37 bits per heavy atom. The third-order valence-corrected chi connectivity index (χ3v) is 2.89. The molecule has 0 bridgehead atoms. The second-order valence-electron chi connectivity index (χ2n) is 5.41. The molecule has 1 fully saturated rings. The minimum Gasteiger partial charge on any atom is -0.481 e. The average molecular weight is 272 g/mol. The Balaban J connectivity index is 2.12. The average Bonchev–Trinajstić information content (AvgIpc) is 3.10. The van der Waals surface area contributed by atoms with Gasteiger partial charge in [0.05, 0.1) is 13.0 Å². The van der Waals surface area contributed by atoms with Gasteiger partial charge >= 0.3 is 12.0 Å². The lowest BCUT2D eigenvalue weighted by Gasteiger charge is -2.16. The van der Waals surface area contributed by atoms with Gasteiger partial charge in [0, 0.05) is 19.2 Å². The number of aliphatic carboxylic acids is 1. The largest absolute Gasteiger partial charge is 0.481 e. The lowest BCUT2D eigenvalue weighted by molar-refractivity contribution is -0.137. The molecule has 0 aromatic heterocycles. The molecular formula is C13H24N2O4. The number of rotatable bonds is 9. The zero-order valence-electron chi connectivity index (χ0n) is 11.6. The lowest BCUT2D eigenvalue weighted by atomic mass is 10.1. The maximum atomic E-state index is 11.6. The summed E-state index contributed by atoms with van der Waals surface area (Å²) >= 11 is 0. The van der Waals surface area contributed by atoms with E-state index >= 15 is 0 Å². The van der Waals surface area contributed by atoms with Gasteiger partial charge in [-0.2, -0.15) is 0 Å². The highest BCUT2D eigenvalue weighted by Crippen LogP contribution is 2.33. The minimum absolute atomic E-state index is 0.0120. The molecule has 2 amide bonds. The Labute approximate surface area is 113 Å². The smallest absolute Gasteiger partial charge is 0.315 e. The van der Waals surface area contributed by atoms with Crippen LogP contribution in [0, 0.1) is 11.8 Å². The molecule has 0 heterocycles. The molecule has 1 rings (SSSR count). The summed E-state index contributed by atoms with van der Waals surface area (Å²) in [4.78, 5) is 22.3. The van der Waals surface area contributed by atoms with E-state index in [1.807, 2.05) is 0 Å². The van der Waals surface area contributed by atoms with Crippen molar-refractivity contribution in [3.8, 4) is 0 Å². The molecule has 3 N–H and O–H groups in total. The Bertz CT molecular complexity index is 303. The maximum Gasteiger partial charge on any atom is 0.315 e. The molecular weight excluding hydrogens is 248 g/mol. The molecule has 1 atom stereocenters. The van der Waals surface area contributed by atoms with Gasteiger partial charge in [-0.25, -0.2) is 4.79 Å². The topological polar surface area (TPSA) is 87.7 Å². The van der Waals surface area contributed by atoms with E-state index in [-0.39, 0.29) is 18.5 Å². The third kappa shape index (κ3) is 7.66. The molecule has 0 radical (unpaired) electrons. The molecule has 0 aromatic carbocycles. The molecule has 1 aliphatic carbocycles. The van der Waals surface area contributed by atoms with E-state index in [9.17, 15) is 9.59 Å². The van der Waals surface area contributed by atoms with Crippen molar-refractivity contribution < 1.29 is 19.4 Å². The lowest BCUT2D eigenvalue weighted by Crippen LogP contribution is -2.45. The van der Waals surface area contributed by atoms with Crippen molar-refractivity contribution in [3.05, 3.63) is 0 Å². The van der Waals surface area contributed by atoms with Gasteiger partial charge in [0.15, 0.2) is 0 Å². The van der Waals surface area contributed by atoms with E-state index in [1.165, 1.54) is 0 Å². The monoisotopic (exact) mass is 272 g/mol. The van der Waals surface area contributed by atoms with Crippen molar-refractivity contribution in [2.24, 2.45) is 11.8 Å². The summed E-state index contributed by atoms with van der Waals surface area (Å²) in [5, 5.41) is 14.2. The van der Waals surface area contributed by atoms with E-state index in [4.69, 9.17) is 9.84 Å². The molecule has 1 aliphatic rings. The van der Waals surface area contributed by atoms with Gasteiger partial charge in [0.2, 0.25) is 0 Å². The molecule has 110 valence electrons. The van der Waals surface area contributed by atoms with Crippen LogP contribution in [0.5, 0.6) is 0 Å². The van der Waals surface area contributed by atoms with Gasteiger partial charge in [-0.3, -0.25) is 4.79 Å². The first kappa shape index (κ1) is 15.8. The Morgan fingerprint density at radius 3 is 2.58 bits per heavy atom. The molecule has 0 aromatic rings. The highest BCUT2D eigenvalue weighted by Gasteiger charge is 2.33. The predicted molar refractivity (Wildman–Crippen MR) is 71.0 cm³/mol. The second kappa shape index (κ2) is 7.99. The summed E-state index contributed by atoms with van der Waals surface area (Å²) in [5.41, 5.74) is 0. The molecule has 1 saturated carbocycles. The number of nitrogens with one attached hydrogen (secondary N) is 2. The Morgan fingerprint density at radius 2 is 2.05 bits per heavy atom. The molecule has 6 nitrogen and oxygen atoms in total. The number of carbonyl (C=O) groups is 2. The fourth-order valence-electron chi connectivity index (χ4n) is 1.80. The van der Waals surface area contributed by atoms with Gasteiger partial charge in [-0.15, -0.1) is 0 Å². The van der Waals surface area contributed by atoms with Crippen LogP contribution in [-0.4, -0.2) is 42.9 Å². The third-order valence-electron chi connectivity index (χ3n) is 2.89. The molecule has 0 saturated heterocycles. The van der Waals surface area contributed by atoms with Crippen molar-refractivity contribution in [2.45, 2.75) is 39.2 Å². The number of amides is 2. The summed E-state index contributed by atoms with van der Waals surface area (Å²) in [6, 6.07) is -0.569. The number of ether oxygens (including phenoxy) is 1. The maximum absolute atomic E-state index is 11.6. The zero-order chi connectivity index (χ0) is 14.3. The van der Waals surface area contributed by atoms with Crippen molar-refractivity contribution >= 4 is 12.0 Å². The number of carboxylic acid groups (broad SMARTS) is 1. The molecule has 0 spiro atoms. The number of urea groups is 1. The van der Waals surface area contributed by atoms with Crippen molar-refractivity contribution in [2.75, 3.05) is 19.8 Å². The minimum atomic E-state index is -0.877. The summed E-state index contributed by atoms with van der Waals surface area (Å²) in [7, 11) is 0. The first-order chi connectivity index (χ1) is 8.99. The highest BCUT2D eigenvalue weighted by atomic mass is 16.5. The first-order valence-corrected chi connectivity index (χ1v) is 6.83. The SMILES string of the molecule is CC(C)COCCNC(=O)NC(CC(=O)O)C1CC1. The molecule has 19 heavy (non-hydrogen) atoms. The fraction of sp³-hybridized carbons (Fsp3) is 0.846. The normalized spacial score (nSPS) is 16.2. The number of hydrogen-bond donors (Lipinski definition) is 3. The summed E-state index contributed by atoms with van der Waals surface area (Å²) in [5.74, 6) is -0.0832. The van der Waals surface area contributed by atoms with Crippen LogP contribution in [0.3, 0.4) is 0 Å².